The molecular weight excluding hydrogens is 252 g/mol. The maximum atomic E-state index is 9.15. The first kappa shape index (κ1) is 12.1. The lowest BCUT2D eigenvalue weighted by atomic mass is 10.2. The van der Waals surface area contributed by atoms with Gasteiger partial charge in [0.25, 0.3) is 0 Å². The summed E-state index contributed by atoms with van der Waals surface area (Å²) in [5.74, 6) is 0. The Bertz CT molecular complexity index is 816. The number of nitriles is 1. The number of nitrogens with two attached hydrogens (primary N) is 1. The van der Waals surface area contributed by atoms with Crippen LogP contribution in [0.2, 0.25) is 0 Å². The number of aromatic nitrogens is 1. The Morgan fingerprint density at radius 3 is 2.85 bits per heavy atom. The van der Waals surface area contributed by atoms with Crippen LogP contribution in [0.1, 0.15) is 5.56 Å². The number of hydrogen-bond donors (Lipinski definition) is 1. The smallest absolute Gasteiger partial charge is 0.302 e. The van der Waals surface area contributed by atoms with Gasteiger partial charge >= 0.3 is 6.01 Å². The first-order chi connectivity index (χ1) is 9.69. The van der Waals surface area contributed by atoms with Crippen LogP contribution in [0.5, 0.6) is 0 Å². The minimum Gasteiger partial charge on any atom is -0.423 e. The van der Waals surface area contributed by atoms with E-state index in [4.69, 9.17) is 15.4 Å². The minimum absolute atomic E-state index is 0.424. The Labute approximate surface area is 115 Å². The van der Waals surface area contributed by atoms with Gasteiger partial charge in [0, 0.05) is 12.7 Å². The number of rotatable bonds is 2. The van der Waals surface area contributed by atoms with Crippen molar-refractivity contribution in [1.82, 2.24) is 4.98 Å². The number of fused-ring (bicyclic) bond motifs is 1. The Balaban J connectivity index is 2.08. The van der Waals surface area contributed by atoms with E-state index in [0.717, 1.165) is 5.69 Å². The lowest BCUT2D eigenvalue weighted by Crippen LogP contribution is -2.11. The highest BCUT2D eigenvalue weighted by molar-refractivity contribution is 5.79. The third-order valence-electron chi connectivity index (χ3n) is 3.07. The lowest BCUT2D eigenvalue weighted by molar-refractivity contribution is 0.603. The second-order valence-electron chi connectivity index (χ2n) is 4.41. The van der Waals surface area contributed by atoms with Crippen molar-refractivity contribution in [2.75, 3.05) is 17.7 Å². The Morgan fingerprint density at radius 2 is 2.05 bits per heavy atom. The van der Waals surface area contributed by atoms with Crippen molar-refractivity contribution in [2.45, 2.75) is 0 Å². The fourth-order valence-corrected chi connectivity index (χ4v) is 2.04. The SMILES string of the molecule is CN(c1nc2cc(N)ccc2o1)c1ccccc1C#N. The molecular formula is C15H12N4O. The van der Waals surface area contributed by atoms with Crippen LogP contribution in [0.15, 0.2) is 46.9 Å². The number of hydrogen-bond acceptors (Lipinski definition) is 5. The molecule has 5 heteroatoms. The first-order valence-electron chi connectivity index (χ1n) is 6.08. The van der Waals surface area contributed by atoms with E-state index in [2.05, 4.69) is 11.1 Å². The molecule has 5 nitrogen and oxygen atoms in total. The highest BCUT2D eigenvalue weighted by atomic mass is 16.4. The average molecular weight is 264 g/mol. The molecule has 3 aromatic rings. The Morgan fingerprint density at radius 1 is 1.25 bits per heavy atom. The summed E-state index contributed by atoms with van der Waals surface area (Å²) in [6.07, 6.45) is 0. The van der Waals surface area contributed by atoms with Crippen molar-refractivity contribution in [2.24, 2.45) is 0 Å². The summed E-state index contributed by atoms with van der Waals surface area (Å²) < 4.78 is 5.69. The molecule has 1 aromatic heterocycles. The topological polar surface area (TPSA) is 79.1 Å². The van der Waals surface area contributed by atoms with Crippen LogP contribution in [0.4, 0.5) is 17.4 Å². The highest BCUT2D eigenvalue weighted by Crippen LogP contribution is 2.29. The normalized spacial score (nSPS) is 10.4. The summed E-state index contributed by atoms with van der Waals surface area (Å²) in [6.45, 7) is 0. The van der Waals surface area contributed by atoms with Crippen LogP contribution in [0, 0.1) is 11.3 Å². The molecule has 0 aliphatic heterocycles. The van der Waals surface area contributed by atoms with Gasteiger partial charge in [-0.3, -0.25) is 4.90 Å². The van der Waals surface area contributed by atoms with Crippen molar-refractivity contribution < 1.29 is 4.42 Å². The van der Waals surface area contributed by atoms with E-state index >= 15 is 0 Å². The van der Waals surface area contributed by atoms with Gasteiger partial charge in [0.15, 0.2) is 5.58 Å². The van der Waals surface area contributed by atoms with E-state index in [1.165, 1.54) is 0 Å². The Kier molecular flexibility index (Phi) is 2.77. The van der Waals surface area contributed by atoms with Crippen LogP contribution in [-0.4, -0.2) is 12.0 Å². The summed E-state index contributed by atoms with van der Waals surface area (Å²) in [5, 5.41) is 9.15. The number of nitrogen functional groups attached to an aromatic ring is 1. The van der Waals surface area contributed by atoms with Gasteiger partial charge in [-0.15, -0.1) is 0 Å². The number of anilines is 3. The van der Waals surface area contributed by atoms with Crippen LogP contribution in [-0.2, 0) is 0 Å². The Hall–Kier alpha value is -3.00. The van der Waals surface area contributed by atoms with Gasteiger partial charge in [-0.2, -0.15) is 10.2 Å². The van der Waals surface area contributed by atoms with Crippen LogP contribution in [0.25, 0.3) is 11.1 Å². The van der Waals surface area contributed by atoms with Crippen LogP contribution in [0.3, 0.4) is 0 Å². The molecule has 2 N–H and O–H groups in total. The third-order valence-corrected chi connectivity index (χ3v) is 3.07. The highest BCUT2D eigenvalue weighted by Gasteiger charge is 2.14. The number of benzene rings is 2. The fraction of sp³-hybridized carbons (Fsp3) is 0.0667. The molecule has 0 bridgehead atoms. The molecule has 0 radical (unpaired) electrons. The van der Waals surface area contributed by atoms with Gasteiger partial charge in [-0.25, -0.2) is 0 Å². The summed E-state index contributed by atoms with van der Waals surface area (Å²) in [4.78, 5) is 6.14. The molecule has 20 heavy (non-hydrogen) atoms. The average Bonchev–Trinajstić information content (AvgIpc) is 2.89. The van der Waals surface area contributed by atoms with Gasteiger partial charge < -0.3 is 10.2 Å². The zero-order chi connectivity index (χ0) is 14.1. The van der Waals surface area contributed by atoms with Gasteiger partial charge in [0.2, 0.25) is 0 Å². The van der Waals surface area contributed by atoms with Crippen molar-refractivity contribution in [1.29, 1.82) is 5.26 Å². The molecule has 0 amide bonds. The first-order valence-corrected chi connectivity index (χ1v) is 6.08. The summed E-state index contributed by atoms with van der Waals surface area (Å²) in [7, 11) is 1.81. The third kappa shape index (κ3) is 1.93. The lowest BCUT2D eigenvalue weighted by Gasteiger charge is -2.15. The zero-order valence-corrected chi connectivity index (χ0v) is 10.9. The van der Waals surface area contributed by atoms with Gasteiger partial charge in [-0.1, -0.05) is 12.1 Å². The van der Waals surface area contributed by atoms with Crippen molar-refractivity contribution in [3.63, 3.8) is 0 Å². The summed E-state index contributed by atoms with van der Waals surface area (Å²) in [5.41, 5.74) is 9.03. The van der Waals surface area contributed by atoms with Crippen LogP contribution < -0.4 is 10.6 Å². The monoisotopic (exact) mass is 264 g/mol. The quantitative estimate of drug-likeness (QED) is 0.719. The van der Waals surface area contributed by atoms with Crippen molar-refractivity contribution in [3.8, 4) is 6.07 Å². The van der Waals surface area contributed by atoms with Crippen molar-refractivity contribution >= 4 is 28.5 Å². The zero-order valence-electron chi connectivity index (χ0n) is 10.9. The predicted molar refractivity (Wildman–Crippen MR) is 77.6 cm³/mol. The maximum absolute atomic E-state index is 9.15. The van der Waals surface area contributed by atoms with Crippen molar-refractivity contribution in [3.05, 3.63) is 48.0 Å². The predicted octanol–water partition coefficient (Wildman–Crippen LogP) is 3.05. The molecule has 0 spiro atoms. The number of para-hydroxylation sites is 1. The molecule has 0 unspecified atom stereocenters. The molecule has 0 saturated heterocycles. The second kappa shape index (κ2) is 4.59. The van der Waals surface area contributed by atoms with E-state index in [0.29, 0.717) is 28.4 Å². The minimum atomic E-state index is 0.424. The molecule has 0 atom stereocenters. The molecule has 3 rings (SSSR count). The molecule has 0 fully saturated rings. The molecule has 1 heterocycles. The largest absolute Gasteiger partial charge is 0.423 e. The number of oxazole rings is 1. The van der Waals surface area contributed by atoms with E-state index in [1.807, 2.05) is 25.2 Å². The van der Waals surface area contributed by atoms with E-state index < -0.39 is 0 Å². The van der Waals surface area contributed by atoms with E-state index in [9.17, 15) is 0 Å². The number of nitrogens with zero attached hydrogens (tertiary/aromatic N) is 3. The van der Waals surface area contributed by atoms with Gasteiger partial charge in [-0.05, 0) is 30.3 Å². The maximum Gasteiger partial charge on any atom is 0.302 e. The van der Waals surface area contributed by atoms with E-state index in [-0.39, 0.29) is 0 Å². The molecule has 0 aliphatic rings. The van der Waals surface area contributed by atoms with Crippen LogP contribution >= 0.6 is 0 Å². The standard InChI is InChI=1S/C15H12N4O/c1-19(13-5-3-2-4-10(13)9-16)15-18-12-8-11(17)6-7-14(12)20-15/h2-8H,17H2,1H3. The summed E-state index contributed by atoms with van der Waals surface area (Å²) in [6, 6.07) is 15.2. The fourth-order valence-electron chi connectivity index (χ4n) is 2.04. The molecule has 0 saturated carbocycles. The molecule has 98 valence electrons. The molecule has 0 aliphatic carbocycles. The van der Waals surface area contributed by atoms with Gasteiger partial charge in [0.1, 0.15) is 11.6 Å². The molecule has 2 aromatic carbocycles. The second-order valence-corrected chi connectivity index (χ2v) is 4.41. The van der Waals surface area contributed by atoms with Gasteiger partial charge in [0.05, 0.1) is 11.3 Å². The van der Waals surface area contributed by atoms with E-state index in [1.54, 1.807) is 29.2 Å². The summed E-state index contributed by atoms with van der Waals surface area (Å²) >= 11 is 0.